The maximum Gasteiger partial charge on any atom is 0.271 e. The van der Waals surface area contributed by atoms with Crippen molar-refractivity contribution in [1.82, 2.24) is 0 Å². The Morgan fingerprint density at radius 2 is 1.22 bits per heavy atom. The molecule has 0 unspecified atom stereocenters. The van der Waals surface area contributed by atoms with Crippen molar-refractivity contribution < 1.29 is 9.85 Å². The number of hydrogen-bond donors (Lipinski definition) is 2. The van der Waals surface area contributed by atoms with E-state index in [0.717, 1.165) is 0 Å². The average Bonchev–Trinajstić information content (AvgIpc) is 2.56. The van der Waals surface area contributed by atoms with E-state index in [1.54, 1.807) is 26.0 Å². The van der Waals surface area contributed by atoms with Crippen LogP contribution in [-0.4, -0.2) is 19.8 Å². The number of rotatable bonds is 6. The van der Waals surface area contributed by atoms with Crippen LogP contribution in [0.5, 0.6) is 0 Å². The second-order valence-corrected chi connectivity index (χ2v) is 8.14. The van der Waals surface area contributed by atoms with E-state index in [0.29, 0.717) is 22.5 Å². The van der Waals surface area contributed by atoms with Crippen LogP contribution in [0.1, 0.15) is 11.1 Å². The van der Waals surface area contributed by atoms with Crippen molar-refractivity contribution in [1.29, 1.82) is 0 Å². The van der Waals surface area contributed by atoms with Gasteiger partial charge in [-0.05, 0) is 25.0 Å². The van der Waals surface area contributed by atoms with Gasteiger partial charge in [0.15, 0.2) is 0 Å². The van der Waals surface area contributed by atoms with E-state index >= 15 is 0 Å². The van der Waals surface area contributed by atoms with Crippen LogP contribution in [-0.2, 0) is 0 Å². The summed E-state index contributed by atoms with van der Waals surface area (Å²) in [6.45, 7) is 3.47. The van der Waals surface area contributed by atoms with E-state index in [1.807, 2.05) is 0 Å². The monoisotopic (exact) mass is 432 g/mol. The van der Waals surface area contributed by atoms with E-state index in [1.165, 1.54) is 24.3 Å². The molecule has 27 heavy (non-hydrogen) atoms. The van der Waals surface area contributed by atoms with Crippen LogP contribution in [0.2, 0.25) is 0 Å². The molecule has 2 N–H and O–H groups in total. The van der Waals surface area contributed by atoms with Gasteiger partial charge in [-0.1, -0.05) is 46.9 Å². The average molecular weight is 434 g/mol. The molecule has 8 nitrogen and oxygen atoms in total. The molecule has 0 atom stereocenters. The van der Waals surface area contributed by atoms with Gasteiger partial charge in [-0.15, -0.1) is 0 Å². The van der Waals surface area contributed by atoms with Crippen molar-refractivity contribution in [3.63, 3.8) is 0 Å². The molecule has 0 amide bonds. The third-order valence-corrected chi connectivity index (χ3v) is 4.45. The topological polar surface area (TPSA) is 110 Å². The molecule has 0 fully saturated rings. The fraction of sp³-hybridized carbons (Fsp3) is 0.250. The van der Waals surface area contributed by atoms with E-state index in [4.69, 9.17) is 34.8 Å². The van der Waals surface area contributed by atoms with Gasteiger partial charge in [0.1, 0.15) is 6.17 Å². The molecule has 0 aliphatic rings. The van der Waals surface area contributed by atoms with Gasteiger partial charge in [0.25, 0.3) is 11.4 Å². The molecule has 2 aromatic rings. The van der Waals surface area contributed by atoms with Crippen molar-refractivity contribution in [3.8, 4) is 0 Å². The number of non-ortho nitro benzene ring substituents is 2. The van der Waals surface area contributed by atoms with E-state index in [2.05, 4.69) is 10.6 Å². The molecule has 2 aromatic carbocycles. The van der Waals surface area contributed by atoms with Crippen molar-refractivity contribution >= 4 is 57.6 Å². The Labute approximate surface area is 169 Å². The largest absolute Gasteiger partial charge is 0.361 e. The maximum absolute atomic E-state index is 11.0. The van der Waals surface area contributed by atoms with Gasteiger partial charge in [0, 0.05) is 35.6 Å². The van der Waals surface area contributed by atoms with Gasteiger partial charge in [-0.25, -0.2) is 0 Å². The first-order chi connectivity index (χ1) is 12.5. The molecule has 0 aliphatic carbocycles. The van der Waals surface area contributed by atoms with E-state index in [9.17, 15) is 20.2 Å². The minimum Gasteiger partial charge on any atom is -0.361 e. The normalized spacial score (nSPS) is 11.3. The second-order valence-electron chi connectivity index (χ2n) is 5.78. The van der Waals surface area contributed by atoms with Crippen molar-refractivity contribution in [3.05, 3.63) is 67.8 Å². The molecule has 0 radical (unpaired) electrons. The maximum atomic E-state index is 11.0. The highest BCUT2D eigenvalue weighted by Crippen LogP contribution is 2.35. The van der Waals surface area contributed by atoms with Crippen LogP contribution in [0.3, 0.4) is 0 Å². The Morgan fingerprint density at radius 1 is 0.852 bits per heavy atom. The quantitative estimate of drug-likeness (QED) is 0.275. The number of anilines is 2. The number of benzene rings is 2. The molecule has 144 valence electrons. The van der Waals surface area contributed by atoms with Crippen LogP contribution < -0.4 is 10.6 Å². The van der Waals surface area contributed by atoms with Gasteiger partial charge in [0.2, 0.25) is 3.79 Å². The molecular formula is C16H15Cl3N4O4. The van der Waals surface area contributed by atoms with Crippen LogP contribution >= 0.6 is 34.8 Å². The molecule has 2 rings (SSSR count). The van der Waals surface area contributed by atoms with Gasteiger partial charge in [-0.3, -0.25) is 20.2 Å². The minimum atomic E-state index is -1.87. The Bertz CT molecular complexity index is 821. The zero-order valence-electron chi connectivity index (χ0n) is 14.2. The summed E-state index contributed by atoms with van der Waals surface area (Å²) >= 11 is 18.1. The van der Waals surface area contributed by atoms with Crippen LogP contribution in [0.4, 0.5) is 22.7 Å². The number of nitrogens with one attached hydrogen (secondary N) is 2. The summed E-state index contributed by atoms with van der Waals surface area (Å²) in [4.78, 5) is 20.9. The third-order valence-electron chi connectivity index (χ3n) is 3.79. The molecule has 0 spiro atoms. The number of nitro benzene ring substituents is 2. The first-order valence-electron chi connectivity index (χ1n) is 7.59. The molecule has 0 saturated carbocycles. The summed E-state index contributed by atoms with van der Waals surface area (Å²) in [5, 5.41) is 27.9. The third kappa shape index (κ3) is 5.35. The number of alkyl halides is 3. The number of halogens is 3. The van der Waals surface area contributed by atoms with Crippen LogP contribution in [0, 0.1) is 34.1 Å². The number of nitro groups is 2. The summed E-state index contributed by atoms with van der Waals surface area (Å²) in [7, 11) is 0. The predicted octanol–water partition coefficient (Wildman–Crippen LogP) is 5.34. The fourth-order valence-corrected chi connectivity index (χ4v) is 2.60. The number of aryl methyl sites for hydroxylation is 2. The lowest BCUT2D eigenvalue weighted by molar-refractivity contribution is -0.385. The molecule has 0 heterocycles. The zero-order chi connectivity index (χ0) is 20.4. The van der Waals surface area contributed by atoms with Gasteiger partial charge in [0.05, 0.1) is 9.85 Å². The lowest BCUT2D eigenvalue weighted by Gasteiger charge is -2.29. The highest BCUT2D eigenvalue weighted by molar-refractivity contribution is 6.68. The number of nitrogens with zero attached hydrogens (tertiary/aromatic N) is 2. The Kier molecular flexibility index (Phi) is 6.35. The smallest absolute Gasteiger partial charge is 0.271 e. The summed E-state index contributed by atoms with van der Waals surface area (Å²) in [6, 6.07) is 8.50. The summed E-state index contributed by atoms with van der Waals surface area (Å²) in [5.41, 5.74) is 1.90. The lowest BCUT2D eigenvalue weighted by atomic mass is 10.1. The SMILES string of the molecule is Cc1ccc([N+](=O)[O-])cc1NC(Nc1cc([N+](=O)[O-])ccc1C)C(Cl)(Cl)Cl. The summed E-state index contributed by atoms with van der Waals surface area (Å²) in [6.07, 6.45) is -1.02. The molecule has 0 saturated heterocycles. The molecular weight excluding hydrogens is 419 g/mol. The minimum absolute atomic E-state index is 0.127. The van der Waals surface area contributed by atoms with E-state index < -0.39 is 19.8 Å². The zero-order valence-corrected chi connectivity index (χ0v) is 16.5. The second kappa shape index (κ2) is 8.16. The molecule has 11 heteroatoms. The predicted molar refractivity (Wildman–Crippen MR) is 107 cm³/mol. The highest BCUT2D eigenvalue weighted by atomic mass is 35.6. The van der Waals surface area contributed by atoms with Crippen LogP contribution in [0.15, 0.2) is 36.4 Å². The van der Waals surface area contributed by atoms with Crippen molar-refractivity contribution in [2.75, 3.05) is 10.6 Å². The first-order valence-corrected chi connectivity index (χ1v) is 8.72. The first kappa shape index (κ1) is 21.0. The Balaban J connectivity index is 2.38. The lowest BCUT2D eigenvalue weighted by Crippen LogP contribution is -2.41. The molecule has 0 bridgehead atoms. The Hall–Kier alpha value is -2.29. The van der Waals surface area contributed by atoms with E-state index in [-0.39, 0.29) is 11.4 Å². The summed E-state index contributed by atoms with van der Waals surface area (Å²) < 4.78 is -1.87. The molecule has 0 aliphatic heterocycles. The van der Waals surface area contributed by atoms with Gasteiger partial charge >= 0.3 is 0 Å². The van der Waals surface area contributed by atoms with Gasteiger partial charge < -0.3 is 10.6 Å². The fourth-order valence-electron chi connectivity index (χ4n) is 2.27. The Morgan fingerprint density at radius 3 is 1.52 bits per heavy atom. The molecule has 0 aromatic heterocycles. The van der Waals surface area contributed by atoms with Gasteiger partial charge in [-0.2, -0.15) is 0 Å². The van der Waals surface area contributed by atoms with Crippen molar-refractivity contribution in [2.45, 2.75) is 23.8 Å². The van der Waals surface area contributed by atoms with Crippen molar-refractivity contribution in [2.24, 2.45) is 0 Å². The standard InChI is InChI=1S/C16H15Cl3N4O4/c1-9-3-5-11(22(24)25)7-13(9)20-15(16(17,18)19)21-14-8-12(23(26)27)6-4-10(14)2/h3-8,15,20-21H,1-2H3. The highest BCUT2D eigenvalue weighted by Gasteiger charge is 2.34. The van der Waals surface area contributed by atoms with Crippen LogP contribution in [0.25, 0.3) is 0 Å². The number of hydrogen-bond acceptors (Lipinski definition) is 6. The summed E-state index contributed by atoms with van der Waals surface area (Å²) in [5.74, 6) is 0.